The predicted octanol–water partition coefficient (Wildman–Crippen LogP) is 14.7. The van der Waals surface area contributed by atoms with Gasteiger partial charge in [0.05, 0.1) is 12.7 Å². The van der Waals surface area contributed by atoms with Gasteiger partial charge in [-0.1, -0.05) is 111 Å². The maximum atomic E-state index is 15.2. The van der Waals surface area contributed by atoms with Crippen molar-refractivity contribution in [3.63, 3.8) is 0 Å². The van der Waals surface area contributed by atoms with Crippen molar-refractivity contribution in [2.75, 3.05) is 18.1 Å². The Bertz CT molecular complexity index is 1490. The molecule has 4 N–H and O–H groups in total. The van der Waals surface area contributed by atoms with Crippen molar-refractivity contribution in [2.24, 2.45) is 46.3 Å². The molecule has 344 valence electrons. The van der Waals surface area contributed by atoms with E-state index in [0.717, 1.165) is 63.9 Å². The maximum absolute atomic E-state index is 15.2. The Morgan fingerprint density at radius 3 is 1.88 bits per heavy atom. The van der Waals surface area contributed by atoms with Gasteiger partial charge < -0.3 is 20.9 Å². The van der Waals surface area contributed by atoms with Crippen molar-refractivity contribution in [1.29, 1.82) is 0 Å². The number of unbranched alkanes of at least 4 members (excludes halogenated alkanes) is 13. The molecule has 9 atom stereocenters. The van der Waals surface area contributed by atoms with Gasteiger partial charge >= 0.3 is 23.9 Å². The fourth-order valence-corrected chi connectivity index (χ4v) is 12.9. The average Bonchev–Trinajstić information content (AvgIpc) is 3.55. The second kappa shape index (κ2) is 21.0. The van der Waals surface area contributed by atoms with E-state index in [2.05, 4.69) is 27.7 Å². The van der Waals surface area contributed by atoms with Gasteiger partial charge in [0.2, 0.25) is 0 Å². The second-order valence-electron chi connectivity index (χ2n) is 20.3. The summed E-state index contributed by atoms with van der Waals surface area (Å²) in [6, 6.07) is 2.15. The lowest BCUT2D eigenvalue weighted by atomic mass is 9.44. The number of nitrogens with two attached hydrogens (primary N) is 2. The molecule has 0 spiro atoms. The number of carbonyl (C=O) groups excluding carboxylic acids is 1. The third-order valence-corrected chi connectivity index (χ3v) is 16.4. The molecule has 60 heavy (non-hydrogen) atoms. The van der Waals surface area contributed by atoms with E-state index in [9.17, 15) is 4.79 Å². The molecule has 0 heterocycles. The monoisotopic (exact) mass is 857 g/mol. The summed E-state index contributed by atoms with van der Waals surface area (Å²) in [5.41, 5.74) is 8.97. The molecule has 1 aromatic carbocycles. The summed E-state index contributed by atoms with van der Waals surface area (Å²) in [4.78, 5) is 12.7. The molecule has 0 bridgehead atoms. The number of fused-ring (bicyclic) bond motifs is 5. The molecular weight excluding hydrogens is 779 g/mol. The fraction of sp³-hybridized carbons (Fsp3) is 0.857. The molecule has 4 aliphatic rings. The van der Waals surface area contributed by atoms with Gasteiger partial charge in [-0.15, -0.1) is 0 Å². The van der Waals surface area contributed by atoms with Crippen LogP contribution in [0.2, 0.25) is 0 Å². The van der Waals surface area contributed by atoms with Crippen LogP contribution in [0.4, 0.5) is 37.7 Å². The van der Waals surface area contributed by atoms with Crippen molar-refractivity contribution < 1.29 is 40.6 Å². The molecule has 3 unspecified atom stereocenters. The largest absolute Gasteiger partial charge is 0.466 e. The van der Waals surface area contributed by atoms with Crippen molar-refractivity contribution in [3.05, 3.63) is 23.8 Å². The molecule has 0 saturated heterocycles. The molecule has 4 aliphatic carbocycles. The van der Waals surface area contributed by atoms with Crippen molar-refractivity contribution in [3.8, 4) is 0 Å². The smallest absolute Gasteiger partial charge is 0.426 e. The van der Waals surface area contributed by atoms with Gasteiger partial charge in [-0.2, -0.15) is 26.3 Å². The van der Waals surface area contributed by atoms with E-state index in [1.165, 1.54) is 77.0 Å². The number of benzene rings is 1. The van der Waals surface area contributed by atoms with E-state index in [1.807, 2.05) is 0 Å². The van der Waals surface area contributed by atoms with Crippen LogP contribution < -0.4 is 11.5 Å². The molecule has 11 heteroatoms. The molecule has 0 aliphatic heterocycles. The van der Waals surface area contributed by atoms with Crippen LogP contribution in [0.3, 0.4) is 0 Å². The first-order chi connectivity index (χ1) is 28.4. The number of esters is 1. The number of halogens is 6. The van der Waals surface area contributed by atoms with E-state index in [4.69, 9.17) is 20.9 Å². The number of nitrogen functional groups attached to an aromatic ring is 2. The summed E-state index contributed by atoms with van der Waals surface area (Å²) in [5, 5.41) is 0. The van der Waals surface area contributed by atoms with Gasteiger partial charge in [0.25, 0.3) is 0 Å². The number of ether oxygens (including phenoxy) is 2. The van der Waals surface area contributed by atoms with E-state index in [-0.39, 0.29) is 46.9 Å². The van der Waals surface area contributed by atoms with Crippen molar-refractivity contribution in [2.45, 2.75) is 212 Å². The molecule has 4 saturated carbocycles. The topological polar surface area (TPSA) is 87.6 Å². The number of hydrogen-bond donors (Lipinski definition) is 2. The zero-order chi connectivity index (χ0) is 43.8. The van der Waals surface area contributed by atoms with Gasteiger partial charge in [-0.25, -0.2) is 0 Å². The highest BCUT2D eigenvalue weighted by molar-refractivity contribution is 5.69. The lowest BCUT2D eigenvalue weighted by Crippen LogP contribution is -2.57. The maximum Gasteiger partial charge on any atom is 0.426 e. The quantitative estimate of drug-likeness (QED) is 0.0468. The minimum atomic E-state index is -5.84. The van der Waals surface area contributed by atoms with Crippen LogP contribution in [0.1, 0.15) is 194 Å². The zero-order valence-corrected chi connectivity index (χ0v) is 37.3. The minimum absolute atomic E-state index is 0.0211. The number of rotatable bonds is 24. The van der Waals surface area contributed by atoms with Crippen LogP contribution in [-0.4, -0.2) is 30.7 Å². The van der Waals surface area contributed by atoms with E-state index in [1.54, 1.807) is 0 Å². The Labute approximate surface area is 357 Å². The Balaban J connectivity index is 1.02. The third-order valence-electron chi connectivity index (χ3n) is 16.4. The number of alkyl halides is 6. The molecule has 0 radical (unpaired) electrons. The molecule has 0 amide bonds. The SMILES string of the molecule is CCCCCCCCCCCCCCCCOC(=O)CCC(C)[C@H]1CC[C@H]2[C@@H]3CCC4CC(OC(F)(F)C(F)(F)C(F)(F)c5cc(N)cc(N)c5)CC[C@]4(C)[C@H]3CC[C@]12C. The van der Waals surface area contributed by atoms with Crippen LogP contribution in [-0.2, 0) is 20.2 Å². The van der Waals surface area contributed by atoms with Crippen LogP contribution >= 0.6 is 0 Å². The Hall–Kier alpha value is -2.17. The fourth-order valence-electron chi connectivity index (χ4n) is 12.9. The molecule has 5 nitrogen and oxygen atoms in total. The third kappa shape index (κ3) is 11.1. The van der Waals surface area contributed by atoms with Gasteiger partial charge in [0, 0.05) is 23.4 Å². The lowest BCUT2D eigenvalue weighted by molar-refractivity contribution is -0.415. The average molecular weight is 857 g/mol. The first kappa shape index (κ1) is 48.9. The standard InChI is InChI=1S/C49H78F6N2O3/c1-5-6-7-8-9-10-11-12-13-14-15-16-17-18-29-59-44(58)24-19-34(2)41-22-23-42-40-21-20-35-32-39(25-27-45(35,3)43(40)26-28-46(41,42)4)60-49(54,55)48(52,53)47(50,51)36-30-37(56)33-38(57)31-36/h30-31,33-35,39-43H,5-29,32,56-57H2,1-4H3/t34?,35?,39?,40-,41+,42-,43-,45-,46+/m0/s1. The first-order valence-corrected chi connectivity index (χ1v) is 24.0. The number of carbonyl (C=O) groups is 1. The molecular formula is C49H78F6N2O3. The van der Waals surface area contributed by atoms with Crippen LogP contribution in [0.15, 0.2) is 18.2 Å². The lowest BCUT2D eigenvalue weighted by Gasteiger charge is -2.61. The van der Waals surface area contributed by atoms with Crippen LogP contribution in [0.5, 0.6) is 0 Å². The Morgan fingerprint density at radius 1 is 0.733 bits per heavy atom. The highest BCUT2D eigenvalue weighted by atomic mass is 19.3. The van der Waals surface area contributed by atoms with Gasteiger partial charge in [-0.05, 0) is 135 Å². The number of anilines is 2. The van der Waals surface area contributed by atoms with Crippen LogP contribution in [0.25, 0.3) is 0 Å². The van der Waals surface area contributed by atoms with Gasteiger partial charge in [0.15, 0.2) is 0 Å². The molecule has 0 aromatic heterocycles. The first-order valence-electron chi connectivity index (χ1n) is 24.0. The summed E-state index contributed by atoms with van der Waals surface area (Å²) in [6.07, 6.45) is 19.5. The zero-order valence-electron chi connectivity index (χ0n) is 37.3. The summed E-state index contributed by atoms with van der Waals surface area (Å²) < 4.78 is 101. The number of hydrogen-bond acceptors (Lipinski definition) is 5. The van der Waals surface area contributed by atoms with Crippen molar-refractivity contribution >= 4 is 17.3 Å². The van der Waals surface area contributed by atoms with Crippen LogP contribution in [0, 0.1) is 46.3 Å². The van der Waals surface area contributed by atoms with Gasteiger partial charge in [-0.3, -0.25) is 4.79 Å². The normalized spacial score (nSPS) is 30.0. The summed E-state index contributed by atoms with van der Waals surface area (Å²) in [5.74, 6) is -8.90. The summed E-state index contributed by atoms with van der Waals surface area (Å²) in [6.45, 7) is 9.75. The molecule has 5 rings (SSSR count). The highest BCUT2D eigenvalue weighted by Gasteiger charge is 2.74. The Morgan fingerprint density at radius 2 is 1.28 bits per heavy atom. The van der Waals surface area contributed by atoms with E-state index >= 15 is 26.3 Å². The van der Waals surface area contributed by atoms with E-state index in [0.29, 0.717) is 61.2 Å². The second-order valence-corrected chi connectivity index (χ2v) is 20.3. The summed E-state index contributed by atoms with van der Waals surface area (Å²) >= 11 is 0. The predicted molar refractivity (Wildman–Crippen MR) is 229 cm³/mol. The minimum Gasteiger partial charge on any atom is -0.466 e. The highest BCUT2D eigenvalue weighted by Crippen LogP contribution is 2.69. The van der Waals surface area contributed by atoms with Gasteiger partial charge in [0.1, 0.15) is 0 Å². The van der Waals surface area contributed by atoms with E-state index < -0.39 is 29.6 Å². The Kier molecular flexibility index (Phi) is 17.1. The van der Waals surface area contributed by atoms with Crippen molar-refractivity contribution in [1.82, 2.24) is 0 Å². The molecule has 1 aromatic rings. The summed E-state index contributed by atoms with van der Waals surface area (Å²) in [7, 11) is 0. The molecule has 4 fully saturated rings.